The number of likely N-dealkylation sites (tertiary alicyclic amines) is 1. The molecule has 0 saturated carbocycles. The first-order chi connectivity index (χ1) is 16.8. The average Bonchev–Trinajstić information content (AvgIpc) is 3.11. The fourth-order valence-corrected chi connectivity index (χ4v) is 5.99. The van der Waals surface area contributed by atoms with Crippen LogP contribution in [0.25, 0.3) is 0 Å². The maximum atomic E-state index is 13.9. The zero-order valence-electron chi connectivity index (χ0n) is 20.1. The Morgan fingerprint density at radius 3 is 2.36 bits per heavy atom. The summed E-state index contributed by atoms with van der Waals surface area (Å²) in [6.07, 6.45) is 0.310. The number of aryl methyl sites for hydroxylation is 2. The van der Waals surface area contributed by atoms with Crippen LogP contribution in [0.4, 0.5) is 13.2 Å². The van der Waals surface area contributed by atoms with Gasteiger partial charge in [0.1, 0.15) is 27.8 Å². The topological polar surface area (TPSA) is 132 Å². The van der Waals surface area contributed by atoms with Crippen LogP contribution in [0.15, 0.2) is 21.4 Å². The number of nitrogens with zero attached hydrogens (tertiary/aromatic N) is 1. The molecule has 0 spiro atoms. The first kappa shape index (κ1) is 27.7. The molecule has 198 valence electrons. The van der Waals surface area contributed by atoms with Crippen LogP contribution in [0.5, 0.6) is 0 Å². The molecule has 1 amide bonds. The van der Waals surface area contributed by atoms with Crippen molar-refractivity contribution in [1.29, 1.82) is 0 Å². The average molecular weight is 532 g/mol. The summed E-state index contributed by atoms with van der Waals surface area (Å²) in [7, 11) is -2.98. The fraction of sp³-hybridized carbons (Fsp3) is 0.478. The third-order valence-corrected chi connectivity index (χ3v) is 7.71. The third-order valence-electron chi connectivity index (χ3n) is 6.04. The van der Waals surface area contributed by atoms with Crippen molar-refractivity contribution in [2.45, 2.75) is 56.5 Å². The van der Waals surface area contributed by atoms with Crippen molar-refractivity contribution in [3.63, 3.8) is 0 Å². The Morgan fingerprint density at radius 2 is 1.75 bits per heavy atom. The summed E-state index contributed by atoms with van der Waals surface area (Å²) < 4.78 is 79.0. The molecule has 0 bridgehead atoms. The van der Waals surface area contributed by atoms with E-state index < -0.39 is 45.5 Å². The van der Waals surface area contributed by atoms with E-state index in [4.69, 9.17) is 10.2 Å². The summed E-state index contributed by atoms with van der Waals surface area (Å²) in [4.78, 5) is 26.0. The molecule has 9 nitrogen and oxygen atoms in total. The van der Waals surface area contributed by atoms with E-state index in [0.717, 1.165) is 13.2 Å². The molecule has 1 atom stereocenters. The van der Waals surface area contributed by atoms with Crippen molar-refractivity contribution in [2.24, 2.45) is 5.73 Å². The predicted molar refractivity (Wildman–Crippen MR) is 122 cm³/mol. The lowest BCUT2D eigenvalue weighted by atomic mass is 10.0. The quantitative estimate of drug-likeness (QED) is 0.395. The van der Waals surface area contributed by atoms with Gasteiger partial charge in [-0.1, -0.05) is 0 Å². The number of carbonyl (C=O) groups is 2. The molecule has 1 aromatic carbocycles. The molecule has 2 aromatic rings. The Kier molecular flexibility index (Phi) is 8.47. The van der Waals surface area contributed by atoms with Gasteiger partial charge >= 0.3 is 5.97 Å². The molecule has 1 unspecified atom stereocenters. The van der Waals surface area contributed by atoms with Crippen LogP contribution in [0, 0.1) is 31.3 Å². The maximum absolute atomic E-state index is 13.9. The van der Waals surface area contributed by atoms with E-state index in [1.165, 1.54) is 18.7 Å². The monoisotopic (exact) mass is 531 g/mol. The second-order valence-electron chi connectivity index (χ2n) is 8.71. The fourth-order valence-electron chi connectivity index (χ4n) is 4.28. The molecule has 1 fully saturated rings. The molecule has 1 saturated heterocycles. The number of hydrogen-bond acceptors (Lipinski definition) is 7. The van der Waals surface area contributed by atoms with Gasteiger partial charge in [0.15, 0.2) is 11.6 Å². The number of sulfonamides is 1. The van der Waals surface area contributed by atoms with E-state index in [-0.39, 0.29) is 59.4 Å². The number of ether oxygens (including phenoxy) is 1. The molecule has 3 rings (SSSR count). The molecule has 1 aromatic heterocycles. The van der Waals surface area contributed by atoms with E-state index in [1.807, 2.05) is 0 Å². The second kappa shape index (κ2) is 11.0. The molecule has 1 aliphatic rings. The number of halogens is 3. The van der Waals surface area contributed by atoms with E-state index in [9.17, 15) is 31.2 Å². The van der Waals surface area contributed by atoms with Crippen LogP contribution < -0.4 is 10.5 Å². The van der Waals surface area contributed by atoms with Crippen molar-refractivity contribution in [1.82, 2.24) is 9.62 Å². The third kappa shape index (κ3) is 6.08. The Morgan fingerprint density at radius 1 is 1.14 bits per heavy atom. The largest absolute Gasteiger partial charge is 0.465 e. The molecular formula is C23H28F3N3O6S. The second-order valence-corrected chi connectivity index (χ2v) is 10.4. The Bertz CT molecular complexity index is 1260. The highest BCUT2D eigenvalue weighted by Gasteiger charge is 2.34. The molecule has 1 aliphatic heterocycles. The predicted octanol–water partition coefficient (Wildman–Crippen LogP) is 2.33. The lowest BCUT2D eigenvalue weighted by Gasteiger charge is -2.33. The zero-order chi connectivity index (χ0) is 26.8. The van der Waals surface area contributed by atoms with Crippen LogP contribution >= 0.6 is 0 Å². The molecule has 13 heteroatoms. The van der Waals surface area contributed by atoms with Gasteiger partial charge in [-0.3, -0.25) is 4.79 Å². The zero-order valence-corrected chi connectivity index (χ0v) is 20.9. The SMILES string of the molecule is COC(=O)c1c(C)oc(C)c1S(=O)(=O)NC1CCN(C(=O)CC(N)Cc2cc(F)c(F)cc2F)CC1. The number of nitrogens with one attached hydrogen (secondary N) is 1. The van der Waals surface area contributed by atoms with Gasteiger partial charge in [0, 0.05) is 37.7 Å². The van der Waals surface area contributed by atoms with Crippen molar-refractivity contribution in [3.8, 4) is 0 Å². The van der Waals surface area contributed by atoms with Gasteiger partial charge < -0.3 is 19.8 Å². The normalized spacial score (nSPS) is 15.7. The standard InChI is InChI=1S/C23H28F3N3O6S/c1-12-21(23(31)34-3)22(13(2)35-12)36(32,33)28-16-4-6-29(7-5-16)20(30)10-15(27)8-14-9-18(25)19(26)11-17(14)24/h9,11,15-16,28H,4-8,10,27H2,1-3H3. The number of carbonyl (C=O) groups excluding carboxylic acids is 2. The van der Waals surface area contributed by atoms with Crippen LogP contribution in [0.1, 0.15) is 46.7 Å². The number of furan rings is 1. The number of piperidine rings is 1. The van der Waals surface area contributed by atoms with Gasteiger partial charge in [-0.05, 0) is 44.7 Å². The van der Waals surface area contributed by atoms with Crippen molar-refractivity contribution >= 4 is 21.9 Å². The molecule has 2 heterocycles. The first-order valence-electron chi connectivity index (χ1n) is 11.2. The Balaban J connectivity index is 1.58. The molecule has 0 aliphatic carbocycles. The smallest absolute Gasteiger partial charge is 0.342 e. The summed E-state index contributed by atoms with van der Waals surface area (Å²) in [6, 6.07) is -0.159. The van der Waals surface area contributed by atoms with Gasteiger partial charge in [0.2, 0.25) is 15.9 Å². The highest BCUT2D eigenvalue weighted by atomic mass is 32.2. The van der Waals surface area contributed by atoms with E-state index in [2.05, 4.69) is 9.46 Å². The van der Waals surface area contributed by atoms with Gasteiger partial charge in [-0.25, -0.2) is 31.1 Å². The van der Waals surface area contributed by atoms with Gasteiger partial charge in [0.05, 0.1) is 7.11 Å². The number of nitrogens with two attached hydrogens (primary N) is 1. The lowest BCUT2D eigenvalue weighted by Crippen LogP contribution is -2.47. The number of esters is 1. The minimum Gasteiger partial charge on any atom is -0.465 e. The summed E-state index contributed by atoms with van der Waals surface area (Å²) >= 11 is 0. The van der Waals surface area contributed by atoms with Gasteiger partial charge in [-0.15, -0.1) is 0 Å². The molecule has 0 radical (unpaired) electrons. The minimum atomic E-state index is -4.12. The van der Waals surface area contributed by atoms with Crippen LogP contribution in [0.3, 0.4) is 0 Å². The maximum Gasteiger partial charge on any atom is 0.342 e. The number of rotatable bonds is 8. The van der Waals surface area contributed by atoms with E-state index in [1.54, 1.807) is 0 Å². The number of methoxy groups -OCH3 is 1. The van der Waals surface area contributed by atoms with Crippen LogP contribution in [-0.2, 0) is 26.0 Å². The van der Waals surface area contributed by atoms with Gasteiger partial charge in [0.25, 0.3) is 0 Å². The minimum absolute atomic E-state index is 0.0551. The highest BCUT2D eigenvalue weighted by Crippen LogP contribution is 2.28. The van der Waals surface area contributed by atoms with Gasteiger partial charge in [-0.2, -0.15) is 0 Å². The highest BCUT2D eigenvalue weighted by molar-refractivity contribution is 7.89. The van der Waals surface area contributed by atoms with E-state index in [0.29, 0.717) is 18.9 Å². The molecule has 36 heavy (non-hydrogen) atoms. The van der Waals surface area contributed by atoms with E-state index >= 15 is 0 Å². The van der Waals surface area contributed by atoms with Crippen LogP contribution in [-0.4, -0.2) is 57.5 Å². The van der Waals surface area contributed by atoms with Crippen molar-refractivity contribution in [2.75, 3.05) is 20.2 Å². The number of amides is 1. The van der Waals surface area contributed by atoms with Crippen LogP contribution in [0.2, 0.25) is 0 Å². The molecule has 3 N–H and O–H groups in total. The molecular weight excluding hydrogens is 503 g/mol. The van der Waals surface area contributed by atoms with Crippen molar-refractivity contribution in [3.05, 3.63) is 52.2 Å². The number of hydrogen-bond donors (Lipinski definition) is 2. The Hall–Kier alpha value is -2.90. The summed E-state index contributed by atoms with van der Waals surface area (Å²) in [6.45, 7) is 3.38. The summed E-state index contributed by atoms with van der Waals surface area (Å²) in [5.74, 6) is -4.42. The van der Waals surface area contributed by atoms with Crippen molar-refractivity contribution < 1.29 is 40.3 Å². The lowest BCUT2D eigenvalue weighted by molar-refractivity contribution is -0.132. The Labute approximate surface area is 206 Å². The number of benzene rings is 1. The first-order valence-corrected chi connectivity index (χ1v) is 12.7. The summed E-state index contributed by atoms with van der Waals surface area (Å²) in [5.41, 5.74) is 5.65. The summed E-state index contributed by atoms with van der Waals surface area (Å²) in [5, 5.41) is 0.